The van der Waals surface area contributed by atoms with E-state index in [4.69, 9.17) is 23.2 Å². The summed E-state index contributed by atoms with van der Waals surface area (Å²) in [5.74, 6) is 1.40. The largest absolute Gasteiger partial charge is 0.123 e. The van der Waals surface area contributed by atoms with E-state index in [2.05, 4.69) is 13.8 Å². The van der Waals surface area contributed by atoms with E-state index in [9.17, 15) is 0 Å². The van der Waals surface area contributed by atoms with Crippen LogP contribution in [0.2, 0.25) is 0 Å². The quantitative estimate of drug-likeness (QED) is 0.560. The van der Waals surface area contributed by atoms with E-state index >= 15 is 0 Å². The van der Waals surface area contributed by atoms with Gasteiger partial charge in [0.2, 0.25) is 0 Å². The molecular formula is C9H16Cl2. The molecule has 0 saturated heterocycles. The molecule has 0 amide bonds. The molecule has 0 spiro atoms. The van der Waals surface area contributed by atoms with Gasteiger partial charge in [-0.25, -0.2) is 0 Å². The van der Waals surface area contributed by atoms with E-state index in [-0.39, 0.29) is 0 Å². The van der Waals surface area contributed by atoms with Crippen molar-refractivity contribution in [3.63, 3.8) is 0 Å². The topological polar surface area (TPSA) is 0 Å². The molecule has 0 aromatic rings. The summed E-state index contributed by atoms with van der Waals surface area (Å²) >= 11 is 12.2. The van der Waals surface area contributed by atoms with Crippen LogP contribution in [0.15, 0.2) is 0 Å². The Morgan fingerprint density at radius 2 is 1.82 bits per heavy atom. The van der Waals surface area contributed by atoms with E-state index in [1.54, 1.807) is 0 Å². The van der Waals surface area contributed by atoms with Gasteiger partial charge in [-0.3, -0.25) is 0 Å². The third kappa shape index (κ3) is 2.52. The summed E-state index contributed by atoms with van der Waals surface area (Å²) in [7, 11) is 0. The van der Waals surface area contributed by atoms with Crippen molar-refractivity contribution in [2.24, 2.45) is 11.8 Å². The molecule has 1 aliphatic rings. The maximum atomic E-state index is 6.19. The van der Waals surface area contributed by atoms with Crippen molar-refractivity contribution in [3.8, 4) is 0 Å². The van der Waals surface area contributed by atoms with Gasteiger partial charge in [-0.2, -0.15) is 0 Å². The Morgan fingerprint density at radius 1 is 1.18 bits per heavy atom. The van der Waals surface area contributed by atoms with Crippen LogP contribution in [0.25, 0.3) is 0 Å². The summed E-state index contributed by atoms with van der Waals surface area (Å²) in [5.41, 5.74) is 0. The van der Waals surface area contributed by atoms with Gasteiger partial charge in [-0.1, -0.05) is 13.8 Å². The number of rotatable bonds is 1. The van der Waals surface area contributed by atoms with Crippen LogP contribution in [0.5, 0.6) is 0 Å². The Balaban J connectivity index is 2.44. The van der Waals surface area contributed by atoms with Crippen molar-refractivity contribution >= 4 is 23.2 Å². The molecule has 0 N–H and O–H groups in total. The molecule has 0 aromatic carbocycles. The molecule has 1 rings (SSSR count). The van der Waals surface area contributed by atoms with E-state index in [0.29, 0.717) is 22.6 Å². The summed E-state index contributed by atoms with van der Waals surface area (Å²) in [5, 5.41) is 0.638. The minimum atomic E-state index is 0.311. The highest BCUT2D eigenvalue weighted by atomic mass is 35.5. The number of halogens is 2. The van der Waals surface area contributed by atoms with Gasteiger partial charge in [0.05, 0.1) is 0 Å². The molecule has 11 heavy (non-hydrogen) atoms. The standard InChI is InChI=1S/C9H16Cl2/c1-6(2)8-4-3-7(10)5-9(8)11/h6-9H,3-5H2,1-2H3. The lowest BCUT2D eigenvalue weighted by Gasteiger charge is -2.32. The highest BCUT2D eigenvalue weighted by Gasteiger charge is 2.29. The molecule has 0 radical (unpaired) electrons. The predicted octanol–water partition coefficient (Wildman–Crippen LogP) is 3.66. The van der Waals surface area contributed by atoms with Gasteiger partial charge in [0.1, 0.15) is 0 Å². The molecule has 0 aliphatic heterocycles. The molecule has 66 valence electrons. The molecule has 0 bridgehead atoms. The van der Waals surface area contributed by atoms with Crippen molar-refractivity contribution < 1.29 is 0 Å². The second-order valence-corrected chi connectivity index (χ2v) is 5.01. The molecule has 1 aliphatic carbocycles. The van der Waals surface area contributed by atoms with Crippen LogP contribution in [0.3, 0.4) is 0 Å². The molecule has 2 heteroatoms. The Morgan fingerprint density at radius 3 is 2.27 bits per heavy atom. The summed E-state index contributed by atoms with van der Waals surface area (Å²) in [6, 6.07) is 0. The summed E-state index contributed by atoms with van der Waals surface area (Å²) in [4.78, 5) is 0. The van der Waals surface area contributed by atoms with Crippen molar-refractivity contribution in [1.82, 2.24) is 0 Å². The van der Waals surface area contributed by atoms with E-state index in [1.807, 2.05) is 0 Å². The Hall–Kier alpha value is 0.580. The molecular weight excluding hydrogens is 179 g/mol. The second kappa shape index (κ2) is 4.00. The normalized spacial score (nSPS) is 39.5. The van der Waals surface area contributed by atoms with Crippen molar-refractivity contribution in [1.29, 1.82) is 0 Å². The fourth-order valence-electron chi connectivity index (χ4n) is 1.84. The van der Waals surface area contributed by atoms with Gasteiger partial charge in [0.25, 0.3) is 0 Å². The minimum absolute atomic E-state index is 0.311. The maximum absolute atomic E-state index is 6.19. The van der Waals surface area contributed by atoms with Crippen LogP contribution < -0.4 is 0 Å². The lowest BCUT2D eigenvalue weighted by Crippen LogP contribution is -2.29. The van der Waals surface area contributed by atoms with Gasteiger partial charge in [-0.05, 0) is 31.1 Å². The predicted molar refractivity (Wildman–Crippen MR) is 51.5 cm³/mol. The third-order valence-electron chi connectivity index (χ3n) is 2.62. The fourth-order valence-corrected chi connectivity index (χ4v) is 2.88. The zero-order chi connectivity index (χ0) is 8.43. The Labute approximate surface area is 79.3 Å². The highest BCUT2D eigenvalue weighted by Crippen LogP contribution is 2.35. The third-order valence-corrected chi connectivity index (χ3v) is 3.51. The van der Waals surface area contributed by atoms with Gasteiger partial charge >= 0.3 is 0 Å². The second-order valence-electron chi connectivity index (χ2n) is 3.83. The minimum Gasteiger partial charge on any atom is -0.123 e. The monoisotopic (exact) mass is 194 g/mol. The molecule has 0 aromatic heterocycles. The van der Waals surface area contributed by atoms with Gasteiger partial charge in [0, 0.05) is 10.8 Å². The first-order chi connectivity index (χ1) is 5.11. The average Bonchev–Trinajstić information content (AvgIpc) is 1.85. The van der Waals surface area contributed by atoms with Crippen LogP contribution in [-0.2, 0) is 0 Å². The first-order valence-electron chi connectivity index (χ1n) is 4.39. The smallest absolute Gasteiger partial charge is 0.0380 e. The molecule has 1 fully saturated rings. The number of hydrogen-bond acceptors (Lipinski definition) is 0. The average molecular weight is 195 g/mol. The van der Waals surface area contributed by atoms with Crippen molar-refractivity contribution in [2.75, 3.05) is 0 Å². The van der Waals surface area contributed by atoms with Gasteiger partial charge in [-0.15, -0.1) is 23.2 Å². The molecule has 3 unspecified atom stereocenters. The van der Waals surface area contributed by atoms with E-state index in [0.717, 1.165) is 12.8 Å². The van der Waals surface area contributed by atoms with Crippen LogP contribution in [-0.4, -0.2) is 10.8 Å². The van der Waals surface area contributed by atoms with Crippen LogP contribution in [0.4, 0.5) is 0 Å². The first kappa shape index (κ1) is 9.67. The van der Waals surface area contributed by atoms with Gasteiger partial charge in [0.15, 0.2) is 0 Å². The summed E-state index contributed by atoms with van der Waals surface area (Å²) in [6.07, 6.45) is 3.35. The molecule has 0 heterocycles. The van der Waals surface area contributed by atoms with Crippen LogP contribution in [0.1, 0.15) is 33.1 Å². The first-order valence-corrected chi connectivity index (χ1v) is 5.26. The van der Waals surface area contributed by atoms with Crippen molar-refractivity contribution in [2.45, 2.75) is 43.9 Å². The molecule has 1 saturated carbocycles. The highest BCUT2D eigenvalue weighted by molar-refractivity contribution is 6.23. The van der Waals surface area contributed by atoms with Crippen LogP contribution >= 0.6 is 23.2 Å². The van der Waals surface area contributed by atoms with Gasteiger partial charge < -0.3 is 0 Å². The molecule has 3 atom stereocenters. The Kier molecular flexibility index (Phi) is 3.52. The van der Waals surface area contributed by atoms with Crippen LogP contribution in [0, 0.1) is 11.8 Å². The van der Waals surface area contributed by atoms with Crippen molar-refractivity contribution in [3.05, 3.63) is 0 Å². The van der Waals surface area contributed by atoms with E-state index < -0.39 is 0 Å². The number of alkyl halides is 2. The Bertz CT molecular complexity index is 123. The lowest BCUT2D eigenvalue weighted by atomic mass is 9.81. The SMILES string of the molecule is CC(C)C1CCC(Cl)CC1Cl. The zero-order valence-corrected chi connectivity index (χ0v) is 8.70. The zero-order valence-electron chi connectivity index (χ0n) is 7.19. The fraction of sp³-hybridized carbons (Fsp3) is 1.00. The van der Waals surface area contributed by atoms with E-state index in [1.165, 1.54) is 6.42 Å². The summed E-state index contributed by atoms with van der Waals surface area (Å²) < 4.78 is 0. The lowest BCUT2D eigenvalue weighted by molar-refractivity contribution is 0.288. The maximum Gasteiger partial charge on any atom is 0.0380 e. The summed E-state index contributed by atoms with van der Waals surface area (Å²) in [6.45, 7) is 4.49. The molecule has 0 nitrogen and oxygen atoms in total. The number of hydrogen-bond donors (Lipinski definition) is 0.